The van der Waals surface area contributed by atoms with Crippen LogP contribution in [0.15, 0.2) is 54.6 Å². The molecule has 0 heterocycles. The lowest BCUT2D eigenvalue weighted by atomic mass is 10.1. The van der Waals surface area contributed by atoms with Gasteiger partial charge in [0.25, 0.3) is 0 Å². The summed E-state index contributed by atoms with van der Waals surface area (Å²) in [6, 6.07) is 17.3. The summed E-state index contributed by atoms with van der Waals surface area (Å²) in [4.78, 5) is 0. The summed E-state index contributed by atoms with van der Waals surface area (Å²) in [7, 11) is 0. The Bertz CT molecular complexity index is 492. The van der Waals surface area contributed by atoms with Gasteiger partial charge in [-0.25, -0.2) is 0 Å². The summed E-state index contributed by atoms with van der Waals surface area (Å²) >= 11 is 16.7. The van der Waals surface area contributed by atoms with Crippen LogP contribution in [0.1, 0.15) is 0 Å². The van der Waals surface area contributed by atoms with E-state index < -0.39 is 3.98 Å². The van der Waals surface area contributed by atoms with Crippen molar-refractivity contribution in [2.75, 3.05) is 0 Å². The van der Waals surface area contributed by atoms with E-state index in [0.29, 0.717) is 5.75 Å². The number of alkyl halides is 3. The summed E-state index contributed by atoms with van der Waals surface area (Å²) in [5.74, 6) is 0.520. The molecule has 0 saturated heterocycles. The van der Waals surface area contributed by atoms with Crippen molar-refractivity contribution >= 4 is 34.8 Å². The van der Waals surface area contributed by atoms with E-state index in [0.717, 1.165) is 11.1 Å². The average Bonchev–Trinajstić information content (AvgIpc) is 2.28. The molecule has 0 aliphatic carbocycles. The third kappa shape index (κ3) is 3.81. The van der Waals surface area contributed by atoms with E-state index in [1.807, 2.05) is 48.5 Å². The predicted molar refractivity (Wildman–Crippen MR) is 72.8 cm³/mol. The molecule has 2 aromatic carbocycles. The van der Waals surface area contributed by atoms with Gasteiger partial charge < -0.3 is 4.74 Å². The molecule has 17 heavy (non-hydrogen) atoms. The molecule has 0 aliphatic heterocycles. The van der Waals surface area contributed by atoms with E-state index in [2.05, 4.69) is 0 Å². The third-order valence-corrected chi connectivity index (χ3v) is 2.41. The molecule has 2 rings (SSSR count). The molecular weight excluding hydrogens is 279 g/mol. The van der Waals surface area contributed by atoms with Crippen LogP contribution in [0.4, 0.5) is 0 Å². The molecule has 0 N–H and O–H groups in total. The highest BCUT2D eigenvalue weighted by atomic mass is 35.6. The van der Waals surface area contributed by atoms with Crippen molar-refractivity contribution in [3.05, 3.63) is 54.6 Å². The molecule has 0 aliphatic rings. The molecular formula is C13H9Cl3O. The van der Waals surface area contributed by atoms with Crippen LogP contribution in [0.3, 0.4) is 0 Å². The van der Waals surface area contributed by atoms with Crippen LogP contribution in [0.5, 0.6) is 5.75 Å². The molecule has 0 bridgehead atoms. The lowest BCUT2D eigenvalue weighted by Gasteiger charge is -2.14. The van der Waals surface area contributed by atoms with Gasteiger partial charge in [-0.3, -0.25) is 0 Å². The first-order valence-electron chi connectivity index (χ1n) is 4.96. The zero-order chi connectivity index (χ0) is 12.3. The second-order valence-corrected chi connectivity index (χ2v) is 5.62. The summed E-state index contributed by atoms with van der Waals surface area (Å²) < 4.78 is 3.42. The summed E-state index contributed by atoms with van der Waals surface area (Å²) in [5.41, 5.74) is 2.10. The first-order valence-corrected chi connectivity index (χ1v) is 6.09. The van der Waals surface area contributed by atoms with Gasteiger partial charge in [0.15, 0.2) is 0 Å². The number of hydrogen-bond acceptors (Lipinski definition) is 1. The minimum atomic E-state index is -1.74. The maximum atomic E-state index is 5.57. The summed E-state index contributed by atoms with van der Waals surface area (Å²) in [6.07, 6.45) is 0. The number of rotatable bonds is 2. The molecule has 0 atom stereocenters. The van der Waals surface area contributed by atoms with E-state index in [4.69, 9.17) is 39.5 Å². The summed E-state index contributed by atoms with van der Waals surface area (Å²) in [6.45, 7) is 0. The molecule has 0 radical (unpaired) electrons. The van der Waals surface area contributed by atoms with Crippen molar-refractivity contribution in [3.8, 4) is 16.9 Å². The zero-order valence-electron chi connectivity index (χ0n) is 8.74. The van der Waals surface area contributed by atoms with Gasteiger partial charge >= 0.3 is 3.98 Å². The molecule has 0 saturated carbocycles. The van der Waals surface area contributed by atoms with E-state index in [1.165, 1.54) is 0 Å². The molecule has 0 unspecified atom stereocenters. The lowest BCUT2D eigenvalue weighted by molar-refractivity contribution is 0.320. The van der Waals surface area contributed by atoms with Crippen molar-refractivity contribution in [2.24, 2.45) is 0 Å². The van der Waals surface area contributed by atoms with Gasteiger partial charge in [-0.15, -0.1) is 0 Å². The molecule has 2 aromatic rings. The van der Waals surface area contributed by atoms with Gasteiger partial charge in [-0.2, -0.15) is 0 Å². The quantitative estimate of drug-likeness (QED) is 0.702. The van der Waals surface area contributed by atoms with Crippen LogP contribution in [-0.2, 0) is 0 Å². The van der Waals surface area contributed by atoms with E-state index in [9.17, 15) is 0 Å². The van der Waals surface area contributed by atoms with Gasteiger partial charge in [-0.1, -0.05) is 42.5 Å². The second-order valence-electron chi connectivity index (χ2n) is 3.44. The monoisotopic (exact) mass is 286 g/mol. The Morgan fingerprint density at radius 1 is 0.765 bits per heavy atom. The molecule has 0 spiro atoms. The highest BCUT2D eigenvalue weighted by Gasteiger charge is 2.21. The topological polar surface area (TPSA) is 9.23 Å². The number of hydrogen-bond donors (Lipinski definition) is 0. The number of ether oxygens (including phenoxy) is 1. The SMILES string of the molecule is ClC(Cl)(Cl)Oc1cccc(-c2ccccc2)c1. The van der Waals surface area contributed by atoms with Crippen LogP contribution in [0.2, 0.25) is 0 Å². The largest absolute Gasteiger partial charge is 0.446 e. The fourth-order valence-corrected chi connectivity index (χ4v) is 1.77. The maximum Gasteiger partial charge on any atom is 0.338 e. The van der Waals surface area contributed by atoms with Gasteiger partial charge in [0.2, 0.25) is 0 Å². The van der Waals surface area contributed by atoms with E-state index in [1.54, 1.807) is 6.07 Å². The first kappa shape index (κ1) is 12.6. The molecule has 0 fully saturated rings. The highest BCUT2D eigenvalue weighted by molar-refractivity contribution is 6.66. The number of halogens is 3. The van der Waals surface area contributed by atoms with Crippen molar-refractivity contribution in [3.63, 3.8) is 0 Å². The molecule has 4 heteroatoms. The first-order chi connectivity index (χ1) is 8.04. The van der Waals surface area contributed by atoms with Crippen LogP contribution in [-0.4, -0.2) is 3.98 Å². The Morgan fingerprint density at radius 3 is 2.06 bits per heavy atom. The van der Waals surface area contributed by atoms with Crippen molar-refractivity contribution < 1.29 is 4.74 Å². The average molecular weight is 288 g/mol. The fourth-order valence-electron chi connectivity index (χ4n) is 1.50. The molecule has 88 valence electrons. The van der Waals surface area contributed by atoms with Crippen LogP contribution >= 0.6 is 34.8 Å². The van der Waals surface area contributed by atoms with Gasteiger partial charge in [0.05, 0.1) is 0 Å². The fraction of sp³-hybridized carbons (Fsp3) is 0.0769. The minimum Gasteiger partial charge on any atom is -0.446 e. The van der Waals surface area contributed by atoms with Crippen LogP contribution in [0, 0.1) is 0 Å². The second kappa shape index (κ2) is 5.18. The minimum absolute atomic E-state index is 0.520. The Hall–Kier alpha value is -0.890. The number of benzene rings is 2. The maximum absolute atomic E-state index is 5.57. The Balaban J connectivity index is 2.29. The Morgan fingerprint density at radius 2 is 1.41 bits per heavy atom. The van der Waals surface area contributed by atoms with Crippen molar-refractivity contribution in [1.29, 1.82) is 0 Å². The molecule has 0 amide bonds. The van der Waals surface area contributed by atoms with Gasteiger partial charge in [-0.05, 0) is 58.1 Å². The zero-order valence-corrected chi connectivity index (χ0v) is 11.0. The standard InChI is InChI=1S/C13H9Cl3O/c14-13(15,16)17-12-8-4-7-11(9-12)10-5-2-1-3-6-10/h1-9H. The third-order valence-electron chi connectivity index (χ3n) is 2.17. The van der Waals surface area contributed by atoms with E-state index in [-0.39, 0.29) is 0 Å². The smallest absolute Gasteiger partial charge is 0.338 e. The van der Waals surface area contributed by atoms with Gasteiger partial charge in [0, 0.05) is 0 Å². The predicted octanol–water partition coefficient (Wildman–Crippen LogP) is 5.06. The highest BCUT2D eigenvalue weighted by Crippen LogP contribution is 2.32. The van der Waals surface area contributed by atoms with E-state index >= 15 is 0 Å². The molecule has 1 nitrogen and oxygen atoms in total. The Labute approximate surface area is 115 Å². The summed E-state index contributed by atoms with van der Waals surface area (Å²) in [5, 5.41) is 0. The van der Waals surface area contributed by atoms with Crippen LogP contribution in [0.25, 0.3) is 11.1 Å². The normalized spacial score (nSPS) is 11.2. The molecule has 0 aromatic heterocycles. The lowest BCUT2D eigenvalue weighted by Crippen LogP contribution is -2.12. The van der Waals surface area contributed by atoms with Crippen molar-refractivity contribution in [2.45, 2.75) is 3.98 Å². The Kier molecular flexibility index (Phi) is 3.82. The van der Waals surface area contributed by atoms with Crippen molar-refractivity contribution in [1.82, 2.24) is 0 Å². The van der Waals surface area contributed by atoms with Crippen LogP contribution < -0.4 is 4.74 Å². The van der Waals surface area contributed by atoms with Gasteiger partial charge in [0.1, 0.15) is 5.75 Å².